The Labute approximate surface area is 91.4 Å². The van der Waals surface area contributed by atoms with Crippen molar-refractivity contribution in [2.45, 2.75) is 32.2 Å². The van der Waals surface area contributed by atoms with Crippen LogP contribution in [-0.4, -0.2) is 37.6 Å². The molecular weight excluding hydrogens is 196 g/mol. The first-order valence-electron chi connectivity index (χ1n) is 5.24. The molecular formula is C10H22N2OS. The Kier molecular flexibility index (Phi) is 9.45. The summed E-state index contributed by atoms with van der Waals surface area (Å²) in [6.45, 7) is 3.04. The second-order valence-corrected chi connectivity index (χ2v) is 4.46. The summed E-state index contributed by atoms with van der Waals surface area (Å²) in [6, 6.07) is 0.0387. The van der Waals surface area contributed by atoms with E-state index in [1.54, 1.807) is 0 Å². The van der Waals surface area contributed by atoms with Gasteiger partial charge in [0.2, 0.25) is 5.12 Å². The van der Waals surface area contributed by atoms with Crippen LogP contribution in [0.5, 0.6) is 0 Å². The molecule has 0 aromatic carbocycles. The van der Waals surface area contributed by atoms with Crippen LogP contribution in [-0.2, 0) is 4.79 Å². The fourth-order valence-corrected chi connectivity index (χ4v) is 1.99. The number of thioether (sulfide) groups is 1. The Bertz CT molecular complexity index is 153. The van der Waals surface area contributed by atoms with Gasteiger partial charge in [0.25, 0.3) is 0 Å². The Hall–Kier alpha value is -0.0600. The summed E-state index contributed by atoms with van der Waals surface area (Å²) in [5.74, 6) is 0.869. The van der Waals surface area contributed by atoms with Crippen LogP contribution in [0.3, 0.4) is 0 Å². The lowest BCUT2D eigenvalue weighted by molar-refractivity contribution is -0.112. The van der Waals surface area contributed by atoms with Crippen LogP contribution in [0.1, 0.15) is 26.2 Å². The molecule has 4 heteroatoms. The van der Waals surface area contributed by atoms with E-state index in [1.807, 2.05) is 21.0 Å². The van der Waals surface area contributed by atoms with Gasteiger partial charge in [0.05, 0.1) is 6.04 Å². The van der Waals surface area contributed by atoms with E-state index in [2.05, 4.69) is 10.6 Å². The van der Waals surface area contributed by atoms with Crippen molar-refractivity contribution in [2.24, 2.45) is 0 Å². The Balaban J connectivity index is 3.62. The van der Waals surface area contributed by atoms with Crippen molar-refractivity contribution in [3.05, 3.63) is 0 Å². The first kappa shape index (κ1) is 13.9. The van der Waals surface area contributed by atoms with E-state index >= 15 is 0 Å². The van der Waals surface area contributed by atoms with Crippen LogP contribution in [0, 0.1) is 0 Å². The minimum atomic E-state index is 0.0387. The molecule has 0 aromatic heterocycles. The normalized spacial score (nSPS) is 12.8. The summed E-state index contributed by atoms with van der Waals surface area (Å²) >= 11 is 1.41. The van der Waals surface area contributed by atoms with Crippen molar-refractivity contribution < 1.29 is 4.79 Å². The van der Waals surface area contributed by atoms with Gasteiger partial charge in [-0.05, 0) is 39.2 Å². The molecule has 0 saturated heterocycles. The van der Waals surface area contributed by atoms with Gasteiger partial charge in [-0.3, -0.25) is 4.79 Å². The number of hydrogen-bond donors (Lipinski definition) is 2. The zero-order valence-electron chi connectivity index (χ0n) is 9.43. The maximum Gasteiger partial charge on any atom is 0.205 e. The third kappa shape index (κ3) is 6.40. The van der Waals surface area contributed by atoms with Crippen LogP contribution in [0.15, 0.2) is 0 Å². The van der Waals surface area contributed by atoms with Gasteiger partial charge in [0.1, 0.15) is 0 Å². The van der Waals surface area contributed by atoms with Gasteiger partial charge in [-0.25, -0.2) is 0 Å². The zero-order valence-corrected chi connectivity index (χ0v) is 10.2. The molecule has 84 valence electrons. The van der Waals surface area contributed by atoms with Crippen LogP contribution in [0.2, 0.25) is 0 Å². The predicted octanol–water partition coefficient (Wildman–Crippen LogP) is 1.24. The van der Waals surface area contributed by atoms with Crippen LogP contribution < -0.4 is 10.6 Å². The van der Waals surface area contributed by atoms with E-state index in [0.717, 1.165) is 31.6 Å². The van der Waals surface area contributed by atoms with E-state index < -0.39 is 0 Å². The molecule has 0 heterocycles. The number of carbonyl (C=O) groups excluding carboxylic acids is 1. The van der Waals surface area contributed by atoms with Gasteiger partial charge in [0, 0.05) is 0 Å². The van der Waals surface area contributed by atoms with E-state index in [4.69, 9.17) is 0 Å². The highest BCUT2D eigenvalue weighted by atomic mass is 32.2. The third-order valence-corrected chi connectivity index (χ3v) is 2.95. The van der Waals surface area contributed by atoms with Gasteiger partial charge in [0.15, 0.2) is 0 Å². The fraction of sp³-hybridized carbons (Fsp3) is 0.900. The predicted molar refractivity (Wildman–Crippen MR) is 63.8 cm³/mol. The Morgan fingerprint density at radius 3 is 2.57 bits per heavy atom. The number of unbranched alkanes of at least 4 members (excludes halogenated alkanes) is 1. The van der Waals surface area contributed by atoms with Crippen molar-refractivity contribution in [2.75, 3.05) is 26.4 Å². The van der Waals surface area contributed by atoms with Gasteiger partial charge >= 0.3 is 0 Å². The molecule has 0 aliphatic heterocycles. The molecule has 0 unspecified atom stereocenters. The summed E-state index contributed by atoms with van der Waals surface area (Å²) in [6.07, 6.45) is 3.19. The van der Waals surface area contributed by atoms with Crippen molar-refractivity contribution in [1.29, 1.82) is 0 Å². The Morgan fingerprint density at radius 2 is 2.07 bits per heavy atom. The molecule has 0 aromatic rings. The highest BCUT2D eigenvalue weighted by molar-refractivity contribution is 8.13. The summed E-state index contributed by atoms with van der Waals surface area (Å²) in [7, 11) is 3.81. The first-order chi connectivity index (χ1) is 6.76. The average Bonchev–Trinajstić information content (AvgIpc) is 2.18. The smallest absolute Gasteiger partial charge is 0.205 e. The third-order valence-electron chi connectivity index (χ3n) is 2.09. The van der Waals surface area contributed by atoms with Gasteiger partial charge in [-0.2, -0.15) is 0 Å². The maximum atomic E-state index is 11.5. The number of hydrogen-bond acceptors (Lipinski definition) is 4. The SMILES string of the molecule is CCSC(=O)[C@H](CCCCNC)NC. The number of nitrogens with one attached hydrogen (secondary N) is 2. The summed E-state index contributed by atoms with van der Waals surface area (Å²) in [4.78, 5) is 11.5. The van der Waals surface area contributed by atoms with Gasteiger partial charge < -0.3 is 10.6 Å². The standard InChI is InChI=1S/C10H22N2OS/c1-4-14-10(13)9(12-3)7-5-6-8-11-2/h9,11-12H,4-8H2,1-3H3/t9-/m0/s1. The van der Waals surface area contributed by atoms with Crippen LogP contribution in [0.4, 0.5) is 0 Å². The van der Waals surface area contributed by atoms with Crippen molar-refractivity contribution in [3.8, 4) is 0 Å². The first-order valence-corrected chi connectivity index (χ1v) is 6.23. The molecule has 0 aliphatic rings. The number of carbonyl (C=O) groups is 1. The zero-order chi connectivity index (χ0) is 10.8. The number of rotatable bonds is 8. The lowest BCUT2D eigenvalue weighted by Crippen LogP contribution is -2.32. The van der Waals surface area contributed by atoms with Gasteiger partial charge in [-0.15, -0.1) is 0 Å². The lowest BCUT2D eigenvalue weighted by Gasteiger charge is -2.13. The van der Waals surface area contributed by atoms with Crippen molar-refractivity contribution in [3.63, 3.8) is 0 Å². The molecule has 1 atom stereocenters. The molecule has 2 N–H and O–H groups in total. The van der Waals surface area contributed by atoms with Gasteiger partial charge in [-0.1, -0.05) is 25.1 Å². The van der Waals surface area contributed by atoms with E-state index in [0.29, 0.717) is 0 Å². The second-order valence-electron chi connectivity index (χ2n) is 3.19. The summed E-state index contributed by atoms with van der Waals surface area (Å²) < 4.78 is 0. The lowest BCUT2D eigenvalue weighted by atomic mass is 10.1. The number of likely N-dealkylation sites (N-methyl/N-ethyl adjacent to an activating group) is 1. The topological polar surface area (TPSA) is 41.1 Å². The molecule has 0 fully saturated rings. The highest BCUT2D eigenvalue weighted by Crippen LogP contribution is 2.10. The summed E-state index contributed by atoms with van der Waals surface area (Å²) in [5.41, 5.74) is 0. The monoisotopic (exact) mass is 218 g/mol. The maximum absolute atomic E-state index is 11.5. The molecule has 0 spiro atoms. The van der Waals surface area contributed by atoms with Crippen LogP contribution in [0.25, 0.3) is 0 Å². The fourth-order valence-electron chi connectivity index (χ4n) is 1.27. The van der Waals surface area contributed by atoms with E-state index in [9.17, 15) is 4.79 Å². The van der Waals surface area contributed by atoms with E-state index in [1.165, 1.54) is 11.8 Å². The molecule has 0 aliphatic carbocycles. The quantitative estimate of drug-likeness (QED) is 0.602. The highest BCUT2D eigenvalue weighted by Gasteiger charge is 2.14. The molecule has 3 nitrogen and oxygen atoms in total. The largest absolute Gasteiger partial charge is 0.320 e. The second kappa shape index (κ2) is 9.49. The molecule has 0 radical (unpaired) electrons. The van der Waals surface area contributed by atoms with Crippen molar-refractivity contribution in [1.82, 2.24) is 10.6 Å². The van der Waals surface area contributed by atoms with Crippen molar-refractivity contribution >= 4 is 16.9 Å². The molecule has 14 heavy (non-hydrogen) atoms. The minimum absolute atomic E-state index is 0.0387. The molecule has 0 saturated carbocycles. The minimum Gasteiger partial charge on any atom is -0.320 e. The molecule has 0 bridgehead atoms. The molecule has 0 amide bonds. The van der Waals surface area contributed by atoms with E-state index in [-0.39, 0.29) is 11.2 Å². The Morgan fingerprint density at radius 1 is 1.36 bits per heavy atom. The summed E-state index contributed by atoms with van der Waals surface area (Å²) in [5, 5.41) is 6.45. The molecule has 0 rings (SSSR count). The van der Waals surface area contributed by atoms with Crippen LogP contribution >= 0.6 is 11.8 Å². The average molecular weight is 218 g/mol.